The number of fused-ring (bicyclic) bond motifs is 8. The minimum atomic E-state index is -4.23. The minimum Gasteiger partial charge on any atom is -0.380 e. The molecule has 1 heterocycles. The Morgan fingerprint density at radius 3 is 1.74 bits per heavy atom. The summed E-state index contributed by atoms with van der Waals surface area (Å²) in [6, 6.07) is 21.3. The van der Waals surface area contributed by atoms with Gasteiger partial charge in [-0.1, -0.05) is 60.7 Å². The van der Waals surface area contributed by atoms with Crippen LogP contribution in [-0.4, -0.2) is 46.3 Å². The quantitative estimate of drug-likeness (QED) is 0.381. The number of methoxy groups -OCH3 is 1. The molecular formula is C27H22O6S2. The van der Waals surface area contributed by atoms with E-state index in [0.29, 0.717) is 21.9 Å². The maximum absolute atomic E-state index is 14.3. The number of sulfone groups is 2. The summed E-state index contributed by atoms with van der Waals surface area (Å²) < 4.78 is 62.5. The van der Waals surface area contributed by atoms with Crippen molar-refractivity contribution in [3.63, 3.8) is 0 Å². The fraction of sp³-hybridized carbons (Fsp3) is 0.222. The lowest BCUT2D eigenvalue weighted by atomic mass is 9.93. The largest absolute Gasteiger partial charge is 0.380 e. The molecule has 6 rings (SSSR count). The van der Waals surface area contributed by atoms with Gasteiger partial charge in [-0.25, -0.2) is 16.8 Å². The van der Waals surface area contributed by atoms with E-state index < -0.39 is 36.3 Å². The zero-order chi connectivity index (χ0) is 24.5. The first-order valence-corrected chi connectivity index (χ1v) is 14.4. The predicted molar refractivity (Wildman–Crippen MR) is 134 cm³/mol. The van der Waals surface area contributed by atoms with E-state index in [1.807, 2.05) is 42.5 Å². The third kappa shape index (κ3) is 3.13. The molecule has 1 aliphatic carbocycles. The number of Topliss-reactive ketones (excluding diaryl/α,β-unsaturated/α-hetero) is 1. The third-order valence-corrected chi connectivity index (χ3v) is 12.0. The van der Waals surface area contributed by atoms with Crippen LogP contribution in [0.15, 0.2) is 82.6 Å². The summed E-state index contributed by atoms with van der Waals surface area (Å²) in [6.07, 6.45) is -1.55. The molecule has 1 fully saturated rings. The Labute approximate surface area is 203 Å². The summed E-state index contributed by atoms with van der Waals surface area (Å²) >= 11 is 0. The number of ketones is 1. The van der Waals surface area contributed by atoms with E-state index in [0.717, 1.165) is 10.8 Å². The van der Waals surface area contributed by atoms with Crippen LogP contribution in [0.25, 0.3) is 32.7 Å². The number of carbonyl (C=O) groups excluding carboxylic acids is 1. The number of benzene rings is 4. The Hall–Kier alpha value is -3.07. The average Bonchev–Trinajstić information content (AvgIpc) is 2.86. The molecule has 4 aromatic carbocycles. The monoisotopic (exact) mass is 506 g/mol. The molecule has 0 spiro atoms. The molecule has 0 bridgehead atoms. The third-order valence-electron chi connectivity index (χ3n) is 7.29. The van der Waals surface area contributed by atoms with Crippen molar-refractivity contribution in [2.45, 2.75) is 39.2 Å². The highest BCUT2D eigenvalue weighted by Crippen LogP contribution is 2.48. The second-order valence-corrected chi connectivity index (χ2v) is 13.3. The summed E-state index contributed by atoms with van der Waals surface area (Å²) in [4.78, 5) is 12.7. The number of hydrogen-bond acceptors (Lipinski definition) is 6. The molecule has 178 valence electrons. The SMILES string of the molecule is CO[C@@H]1CC(=O)C[C@H]2[C@@H]1S(=O)(=O)c1ccc3ccccc3c1-c1c(ccc3ccccc13)S2(=O)=O. The zero-order valence-corrected chi connectivity index (χ0v) is 20.5. The molecule has 0 N–H and O–H groups in total. The van der Waals surface area contributed by atoms with Crippen LogP contribution in [0.4, 0.5) is 0 Å². The Balaban J connectivity index is 1.87. The first kappa shape index (κ1) is 22.4. The molecule has 0 radical (unpaired) electrons. The van der Waals surface area contributed by atoms with E-state index in [-0.39, 0.29) is 28.4 Å². The summed E-state index contributed by atoms with van der Waals surface area (Å²) in [7, 11) is -7.13. The maximum Gasteiger partial charge on any atom is 0.185 e. The molecule has 2 aliphatic rings. The summed E-state index contributed by atoms with van der Waals surface area (Å²) in [5.74, 6) is -0.321. The number of hydrogen-bond donors (Lipinski definition) is 0. The van der Waals surface area contributed by atoms with Gasteiger partial charge in [0.05, 0.1) is 21.1 Å². The molecule has 6 nitrogen and oxygen atoms in total. The highest BCUT2D eigenvalue weighted by Gasteiger charge is 2.54. The molecular weight excluding hydrogens is 484 g/mol. The van der Waals surface area contributed by atoms with Crippen LogP contribution in [0.1, 0.15) is 12.8 Å². The normalized spacial score (nSPS) is 24.7. The van der Waals surface area contributed by atoms with E-state index in [2.05, 4.69) is 0 Å². The van der Waals surface area contributed by atoms with E-state index in [1.165, 1.54) is 7.11 Å². The highest BCUT2D eigenvalue weighted by atomic mass is 32.2. The van der Waals surface area contributed by atoms with Crippen molar-refractivity contribution in [1.82, 2.24) is 0 Å². The molecule has 1 saturated carbocycles. The van der Waals surface area contributed by atoms with Gasteiger partial charge in [0.25, 0.3) is 0 Å². The molecule has 0 aromatic heterocycles. The van der Waals surface area contributed by atoms with E-state index >= 15 is 0 Å². The second-order valence-electron chi connectivity index (χ2n) is 9.13. The van der Waals surface area contributed by atoms with E-state index in [4.69, 9.17) is 4.74 Å². The number of rotatable bonds is 1. The van der Waals surface area contributed by atoms with Crippen molar-refractivity contribution in [2.24, 2.45) is 0 Å². The van der Waals surface area contributed by atoms with Gasteiger partial charge in [0, 0.05) is 31.1 Å². The summed E-state index contributed by atoms with van der Waals surface area (Å²) in [6.45, 7) is 0. The molecule has 3 atom stereocenters. The lowest BCUT2D eigenvalue weighted by molar-refractivity contribution is -0.123. The summed E-state index contributed by atoms with van der Waals surface area (Å²) in [5.41, 5.74) is 0.743. The zero-order valence-electron chi connectivity index (χ0n) is 18.8. The summed E-state index contributed by atoms with van der Waals surface area (Å²) in [5, 5.41) is 0.0696. The molecule has 0 unspecified atom stereocenters. The first-order valence-electron chi connectivity index (χ1n) is 11.3. The lowest BCUT2D eigenvalue weighted by Crippen LogP contribution is -2.53. The number of carbonyl (C=O) groups is 1. The fourth-order valence-electron chi connectivity index (χ4n) is 5.71. The highest BCUT2D eigenvalue weighted by molar-refractivity contribution is 7.96. The van der Waals surface area contributed by atoms with Crippen LogP contribution in [0, 0.1) is 0 Å². The van der Waals surface area contributed by atoms with Crippen molar-refractivity contribution in [3.05, 3.63) is 72.8 Å². The average molecular weight is 507 g/mol. The topological polar surface area (TPSA) is 94.6 Å². The van der Waals surface area contributed by atoms with Crippen molar-refractivity contribution in [2.75, 3.05) is 7.11 Å². The lowest BCUT2D eigenvalue weighted by Gasteiger charge is -2.38. The standard InChI is InChI=1S/C27H22O6S2/c1-33-21-14-18(28)15-24-27(21)35(31,32)23-13-11-17-7-3-5-9-20(17)26(23)25-19-8-4-2-6-16(19)10-12-22(25)34(24,29)30/h2-13,21,24,27H,14-15H2,1H3/t21-,24+,27-/m1/s1. The molecule has 8 heteroatoms. The van der Waals surface area contributed by atoms with Gasteiger partial charge in [0.15, 0.2) is 19.7 Å². The van der Waals surface area contributed by atoms with Crippen LogP contribution >= 0.6 is 0 Å². The first-order chi connectivity index (χ1) is 16.7. The molecule has 4 aromatic rings. The minimum absolute atomic E-state index is 0.0447. The van der Waals surface area contributed by atoms with Crippen LogP contribution in [0.2, 0.25) is 0 Å². The Morgan fingerprint density at radius 1 is 0.686 bits per heavy atom. The van der Waals surface area contributed by atoms with Crippen LogP contribution in [-0.2, 0) is 29.2 Å². The van der Waals surface area contributed by atoms with Crippen molar-refractivity contribution in [1.29, 1.82) is 0 Å². The van der Waals surface area contributed by atoms with Gasteiger partial charge in [0.2, 0.25) is 0 Å². The van der Waals surface area contributed by atoms with Gasteiger partial charge >= 0.3 is 0 Å². The van der Waals surface area contributed by atoms with Crippen LogP contribution in [0.5, 0.6) is 0 Å². The molecule has 35 heavy (non-hydrogen) atoms. The number of ether oxygens (including phenoxy) is 1. The Morgan fingerprint density at radius 2 is 1.20 bits per heavy atom. The predicted octanol–water partition coefficient (Wildman–Crippen LogP) is 4.34. The maximum atomic E-state index is 14.3. The smallest absolute Gasteiger partial charge is 0.185 e. The van der Waals surface area contributed by atoms with Crippen molar-refractivity contribution >= 4 is 47.0 Å². The molecule has 0 amide bonds. The Kier molecular flexibility index (Phi) is 4.94. The second kappa shape index (κ2) is 7.71. The van der Waals surface area contributed by atoms with Crippen molar-refractivity contribution < 1.29 is 26.4 Å². The van der Waals surface area contributed by atoms with Crippen LogP contribution in [0.3, 0.4) is 0 Å². The Bertz CT molecular complexity index is 1760. The molecule has 1 aliphatic heterocycles. The van der Waals surface area contributed by atoms with Gasteiger partial charge in [0.1, 0.15) is 11.0 Å². The van der Waals surface area contributed by atoms with Gasteiger partial charge < -0.3 is 4.74 Å². The molecule has 0 saturated heterocycles. The van der Waals surface area contributed by atoms with E-state index in [9.17, 15) is 21.6 Å². The van der Waals surface area contributed by atoms with Gasteiger partial charge in [-0.2, -0.15) is 0 Å². The van der Waals surface area contributed by atoms with Gasteiger partial charge in [-0.3, -0.25) is 4.79 Å². The fourth-order valence-corrected chi connectivity index (χ4v) is 10.8. The van der Waals surface area contributed by atoms with E-state index in [1.54, 1.807) is 30.3 Å². The van der Waals surface area contributed by atoms with Gasteiger partial charge in [-0.15, -0.1) is 0 Å². The van der Waals surface area contributed by atoms with Gasteiger partial charge in [-0.05, 0) is 33.7 Å². The van der Waals surface area contributed by atoms with Crippen LogP contribution < -0.4 is 0 Å². The van der Waals surface area contributed by atoms with Crippen molar-refractivity contribution in [3.8, 4) is 11.1 Å².